The third-order valence-electron chi connectivity index (χ3n) is 6.28. The number of carbonyl (C=O) groups is 1. The molecule has 1 atom stereocenters. The molecule has 0 aliphatic carbocycles. The molecular weight excluding hydrogens is 492 g/mol. The zero-order valence-corrected chi connectivity index (χ0v) is 22.1. The van der Waals surface area contributed by atoms with Crippen molar-refractivity contribution in [3.05, 3.63) is 76.9 Å². The van der Waals surface area contributed by atoms with Crippen LogP contribution in [0.3, 0.4) is 0 Å². The molecule has 3 aromatic rings. The van der Waals surface area contributed by atoms with Gasteiger partial charge in [0.2, 0.25) is 0 Å². The Morgan fingerprint density at radius 1 is 1.05 bits per heavy atom. The lowest BCUT2D eigenvalue weighted by atomic mass is 9.93. The Morgan fingerprint density at radius 3 is 2.51 bits per heavy atom. The van der Waals surface area contributed by atoms with Gasteiger partial charge in [-0.1, -0.05) is 24.3 Å². The van der Waals surface area contributed by atoms with Crippen molar-refractivity contribution < 1.29 is 32.5 Å². The monoisotopic (exact) mass is 524 g/mol. The Morgan fingerprint density at radius 2 is 1.81 bits per heavy atom. The second kappa shape index (κ2) is 11.3. The second-order valence-electron chi connectivity index (χ2n) is 9.48. The number of aryl methyl sites for hydroxylation is 3. The van der Waals surface area contributed by atoms with Gasteiger partial charge >= 0.3 is 5.97 Å². The number of carboxylic acids is 1. The van der Waals surface area contributed by atoms with E-state index in [0.29, 0.717) is 37.6 Å². The van der Waals surface area contributed by atoms with Gasteiger partial charge in [-0.2, -0.15) is 0 Å². The molecule has 196 valence electrons. The Hall–Kier alpha value is -3.52. The summed E-state index contributed by atoms with van der Waals surface area (Å²) in [5.74, 6) is 1.29. The maximum Gasteiger partial charge on any atom is 0.303 e. The maximum absolute atomic E-state index is 11.3. The zero-order valence-electron chi connectivity index (χ0n) is 21.3. The number of hydrogen-bond donors (Lipinski definition) is 1. The van der Waals surface area contributed by atoms with E-state index in [1.54, 1.807) is 0 Å². The van der Waals surface area contributed by atoms with Crippen molar-refractivity contribution in [3.63, 3.8) is 0 Å². The summed E-state index contributed by atoms with van der Waals surface area (Å²) < 4.78 is 40.7. The van der Waals surface area contributed by atoms with Crippen LogP contribution in [0.5, 0.6) is 17.2 Å². The summed E-state index contributed by atoms with van der Waals surface area (Å²) in [7, 11) is -2.99. The highest BCUT2D eigenvalue weighted by molar-refractivity contribution is 7.90. The maximum atomic E-state index is 11.3. The number of benzene rings is 3. The molecule has 0 saturated carbocycles. The van der Waals surface area contributed by atoms with Crippen LogP contribution in [-0.2, 0) is 21.1 Å². The molecular formula is C29H32O7S. The van der Waals surface area contributed by atoms with Gasteiger partial charge in [-0.25, -0.2) is 8.42 Å². The second-order valence-corrected chi connectivity index (χ2v) is 11.7. The van der Waals surface area contributed by atoms with Crippen molar-refractivity contribution in [1.29, 1.82) is 0 Å². The van der Waals surface area contributed by atoms with Gasteiger partial charge in [-0.05, 0) is 90.4 Å². The molecule has 0 aromatic heterocycles. The van der Waals surface area contributed by atoms with E-state index in [1.165, 1.54) is 6.26 Å². The summed E-state index contributed by atoms with van der Waals surface area (Å²) in [6, 6.07) is 17.7. The molecule has 7 nitrogen and oxygen atoms in total. The predicted molar refractivity (Wildman–Crippen MR) is 142 cm³/mol. The van der Waals surface area contributed by atoms with Crippen molar-refractivity contribution in [3.8, 4) is 28.4 Å². The zero-order chi connectivity index (χ0) is 26.6. The fourth-order valence-corrected chi connectivity index (χ4v) is 5.20. The number of carboxylic acid groups (broad SMARTS) is 1. The smallest absolute Gasteiger partial charge is 0.303 e. The minimum absolute atomic E-state index is 0.0736. The van der Waals surface area contributed by atoms with Crippen LogP contribution in [0.15, 0.2) is 54.6 Å². The van der Waals surface area contributed by atoms with E-state index in [4.69, 9.17) is 19.3 Å². The van der Waals surface area contributed by atoms with Crippen molar-refractivity contribution in [2.45, 2.75) is 39.2 Å². The summed E-state index contributed by atoms with van der Waals surface area (Å²) in [6.45, 7) is 4.78. The van der Waals surface area contributed by atoms with E-state index in [-0.39, 0.29) is 18.3 Å². The Balaban J connectivity index is 1.47. The first kappa shape index (κ1) is 26.5. The van der Waals surface area contributed by atoms with Crippen LogP contribution in [0.4, 0.5) is 0 Å². The lowest BCUT2D eigenvalue weighted by Crippen LogP contribution is -2.21. The molecule has 3 aromatic carbocycles. The highest BCUT2D eigenvalue weighted by Gasteiger charge is 2.23. The van der Waals surface area contributed by atoms with E-state index in [2.05, 4.69) is 12.1 Å². The third kappa shape index (κ3) is 7.04. The highest BCUT2D eigenvalue weighted by atomic mass is 32.2. The van der Waals surface area contributed by atoms with E-state index >= 15 is 0 Å². The molecule has 0 radical (unpaired) electrons. The average molecular weight is 525 g/mol. The van der Waals surface area contributed by atoms with Gasteiger partial charge in [0.25, 0.3) is 0 Å². The van der Waals surface area contributed by atoms with Gasteiger partial charge < -0.3 is 19.3 Å². The van der Waals surface area contributed by atoms with Crippen LogP contribution in [0.2, 0.25) is 0 Å². The van der Waals surface area contributed by atoms with Gasteiger partial charge in [0.15, 0.2) is 17.6 Å². The Bertz CT molecular complexity index is 1370. The SMILES string of the molecule is Cc1cc(OCCCS(C)(=O)=O)cc(C)c1-c1cccc([C@@H]2COc3cc(CCC(=O)O)ccc3O2)c1. The first-order valence-electron chi connectivity index (χ1n) is 12.3. The molecule has 0 fully saturated rings. The number of hydrogen-bond acceptors (Lipinski definition) is 6. The Labute approximate surface area is 217 Å². The first-order valence-corrected chi connectivity index (χ1v) is 14.3. The van der Waals surface area contributed by atoms with Crippen molar-refractivity contribution in [2.24, 2.45) is 0 Å². The largest absolute Gasteiger partial charge is 0.494 e. The van der Waals surface area contributed by atoms with Gasteiger partial charge in [-0.15, -0.1) is 0 Å². The highest BCUT2D eigenvalue weighted by Crippen LogP contribution is 2.39. The summed E-state index contributed by atoms with van der Waals surface area (Å²) in [4.78, 5) is 10.9. The van der Waals surface area contributed by atoms with Crippen molar-refractivity contribution in [2.75, 3.05) is 25.2 Å². The van der Waals surface area contributed by atoms with Gasteiger partial charge in [0.1, 0.15) is 22.2 Å². The van der Waals surface area contributed by atoms with Crippen molar-refractivity contribution in [1.82, 2.24) is 0 Å². The van der Waals surface area contributed by atoms with E-state index in [0.717, 1.165) is 39.1 Å². The lowest BCUT2D eigenvalue weighted by Gasteiger charge is -2.27. The van der Waals surface area contributed by atoms with Crippen LogP contribution in [0.1, 0.15) is 41.2 Å². The standard InChI is InChI=1S/C29H32O7S/c1-19-14-24(34-12-5-13-37(3,32)33)15-20(2)29(19)23-7-4-6-22(17-23)27-18-35-26-16-21(9-11-28(30)31)8-10-25(26)36-27/h4,6-8,10,14-17,27H,5,9,11-13,18H2,1-3H3,(H,30,31)/t27-/m0/s1. The topological polar surface area (TPSA) is 99.1 Å². The molecule has 1 aliphatic heterocycles. The molecule has 1 N–H and O–H groups in total. The fraction of sp³-hybridized carbons (Fsp3) is 0.345. The van der Waals surface area contributed by atoms with Crippen LogP contribution in [0.25, 0.3) is 11.1 Å². The van der Waals surface area contributed by atoms with Crippen LogP contribution in [-0.4, -0.2) is 44.7 Å². The van der Waals surface area contributed by atoms with Crippen LogP contribution < -0.4 is 14.2 Å². The molecule has 0 bridgehead atoms. The van der Waals surface area contributed by atoms with Crippen LogP contribution >= 0.6 is 0 Å². The molecule has 0 spiro atoms. The number of aliphatic carboxylic acids is 1. The lowest BCUT2D eigenvalue weighted by molar-refractivity contribution is -0.136. The molecule has 8 heteroatoms. The number of rotatable bonds is 10. The summed E-state index contributed by atoms with van der Waals surface area (Å²) in [6.07, 6.45) is 1.94. The van der Waals surface area contributed by atoms with E-state index in [1.807, 2.05) is 56.3 Å². The molecule has 0 unspecified atom stereocenters. The summed E-state index contributed by atoms with van der Waals surface area (Å²) in [5.41, 5.74) is 6.21. The van der Waals surface area contributed by atoms with Crippen molar-refractivity contribution >= 4 is 15.8 Å². The van der Waals surface area contributed by atoms with Crippen LogP contribution in [0, 0.1) is 13.8 Å². The van der Waals surface area contributed by atoms with Gasteiger partial charge in [0, 0.05) is 12.7 Å². The normalized spacial score (nSPS) is 14.8. The minimum Gasteiger partial charge on any atom is -0.494 e. The van der Waals surface area contributed by atoms with E-state index < -0.39 is 15.8 Å². The minimum atomic E-state index is -2.99. The first-order chi connectivity index (χ1) is 17.6. The molecule has 37 heavy (non-hydrogen) atoms. The predicted octanol–water partition coefficient (Wildman–Crippen LogP) is 5.31. The van der Waals surface area contributed by atoms with Gasteiger partial charge in [-0.3, -0.25) is 4.79 Å². The molecule has 1 heterocycles. The average Bonchev–Trinajstić information content (AvgIpc) is 2.84. The summed E-state index contributed by atoms with van der Waals surface area (Å²) >= 11 is 0. The molecule has 0 amide bonds. The number of fused-ring (bicyclic) bond motifs is 1. The third-order valence-corrected chi connectivity index (χ3v) is 7.31. The molecule has 1 aliphatic rings. The molecule has 0 saturated heterocycles. The quantitative estimate of drug-likeness (QED) is 0.359. The molecule has 4 rings (SSSR count). The summed E-state index contributed by atoms with van der Waals surface area (Å²) in [5, 5.41) is 8.91. The van der Waals surface area contributed by atoms with Gasteiger partial charge in [0.05, 0.1) is 12.4 Å². The van der Waals surface area contributed by atoms with E-state index in [9.17, 15) is 13.2 Å². The number of sulfone groups is 1. The Kier molecular flexibility index (Phi) is 8.07. The fourth-order valence-electron chi connectivity index (χ4n) is 4.55. The number of ether oxygens (including phenoxy) is 3.